The molecule has 27 heavy (non-hydrogen) atoms. The minimum atomic E-state index is -0.158. The molecule has 0 spiro atoms. The van der Waals surface area contributed by atoms with Crippen LogP contribution in [-0.2, 0) is 9.59 Å². The van der Waals surface area contributed by atoms with E-state index in [1.807, 2.05) is 0 Å². The molecule has 0 atom stereocenters. The quantitative estimate of drug-likeness (QED) is 0.225. The number of hydrazone groups is 1. The highest BCUT2D eigenvalue weighted by Crippen LogP contribution is 2.21. The molecule has 2 rings (SSSR count). The first-order chi connectivity index (χ1) is 13.0. The Morgan fingerprint density at radius 2 is 1.74 bits per heavy atom. The first-order valence-electron chi connectivity index (χ1n) is 8.69. The number of hydrogen-bond acceptors (Lipinski definition) is 5. The normalized spacial score (nSPS) is 10.9. The van der Waals surface area contributed by atoms with Crippen LogP contribution < -0.4 is 10.7 Å². The highest BCUT2D eigenvalue weighted by Gasteiger charge is 2.06. The van der Waals surface area contributed by atoms with Crippen LogP contribution in [0.25, 0.3) is 0 Å². The van der Waals surface area contributed by atoms with Gasteiger partial charge in [-0.3, -0.25) is 9.59 Å². The standard InChI is InChI=1S/C19H22BrN3O4/c20-17-12-11-14(27-17)13-21-23-19(26)10-4-2-1-3-9-18(25)22-15-7-5-6-8-16(15)24/h5-8,11-13,24H,1-4,9-10H2,(H,22,25)(H,23,26)/b21-13+. The Bertz CT molecular complexity index is 789. The topological polar surface area (TPSA) is 104 Å². The van der Waals surface area contributed by atoms with E-state index in [0.717, 1.165) is 25.7 Å². The first kappa shape index (κ1) is 20.7. The number of anilines is 1. The van der Waals surface area contributed by atoms with Gasteiger partial charge < -0.3 is 14.8 Å². The monoisotopic (exact) mass is 435 g/mol. The molecule has 0 saturated carbocycles. The van der Waals surface area contributed by atoms with Crippen LogP contribution >= 0.6 is 15.9 Å². The number of benzene rings is 1. The molecule has 2 aromatic rings. The Hall–Kier alpha value is -2.61. The van der Waals surface area contributed by atoms with E-state index in [1.54, 1.807) is 30.3 Å². The van der Waals surface area contributed by atoms with Crippen molar-refractivity contribution in [1.29, 1.82) is 0 Å². The van der Waals surface area contributed by atoms with Crippen molar-refractivity contribution in [2.75, 3.05) is 5.32 Å². The Morgan fingerprint density at radius 1 is 1.04 bits per heavy atom. The number of para-hydroxylation sites is 2. The molecule has 0 bridgehead atoms. The number of nitrogens with one attached hydrogen (secondary N) is 2. The van der Waals surface area contributed by atoms with Gasteiger partial charge in [-0.05, 0) is 53.0 Å². The molecule has 0 aliphatic rings. The van der Waals surface area contributed by atoms with Crippen LogP contribution in [0.15, 0.2) is 50.6 Å². The van der Waals surface area contributed by atoms with Gasteiger partial charge in [-0.15, -0.1) is 0 Å². The zero-order chi connectivity index (χ0) is 19.5. The smallest absolute Gasteiger partial charge is 0.240 e. The summed E-state index contributed by atoms with van der Waals surface area (Å²) in [6, 6.07) is 10.1. The average Bonchev–Trinajstić information content (AvgIpc) is 3.05. The number of amides is 2. The summed E-state index contributed by atoms with van der Waals surface area (Å²) in [5, 5.41) is 16.1. The minimum absolute atomic E-state index is 0.0548. The summed E-state index contributed by atoms with van der Waals surface area (Å²) in [5.74, 6) is 0.311. The maximum atomic E-state index is 11.8. The number of aromatic hydroxyl groups is 1. The van der Waals surface area contributed by atoms with Crippen LogP contribution in [0.1, 0.15) is 44.3 Å². The van der Waals surface area contributed by atoms with Gasteiger partial charge in [0.1, 0.15) is 11.5 Å². The molecular weight excluding hydrogens is 414 g/mol. The summed E-state index contributed by atoms with van der Waals surface area (Å²) in [4.78, 5) is 23.5. The summed E-state index contributed by atoms with van der Waals surface area (Å²) in [6.07, 6.45) is 5.36. The lowest BCUT2D eigenvalue weighted by molar-refractivity contribution is -0.121. The third kappa shape index (κ3) is 8.08. The van der Waals surface area contributed by atoms with Gasteiger partial charge in [0.05, 0.1) is 11.9 Å². The molecule has 0 unspecified atom stereocenters. The number of nitrogens with zero attached hydrogens (tertiary/aromatic N) is 1. The summed E-state index contributed by atoms with van der Waals surface area (Å²) in [6.45, 7) is 0. The fourth-order valence-electron chi connectivity index (χ4n) is 2.34. The van der Waals surface area contributed by atoms with E-state index >= 15 is 0 Å². The van der Waals surface area contributed by atoms with Crippen molar-refractivity contribution in [3.8, 4) is 5.75 Å². The fraction of sp³-hybridized carbons (Fsp3) is 0.316. The Morgan fingerprint density at radius 3 is 2.41 bits per heavy atom. The minimum Gasteiger partial charge on any atom is -0.506 e. The van der Waals surface area contributed by atoms with E-state index in [4.69, 9.17) is 4.42 Å². The van der Waals surface area contributed by atoms with Gasteiger partial charge in [0.25, 0.3) is 0 Å². The van der Waals surface area contributed by atoms with Crippen molar-refractivity contribution >= 4 is 39.6 Å². The van der Waals surface area contributed by atoms with Gasteiger partial charge in [-0.25, -0.2) is 5.43 Å². The molecule has 1 heterocycles. The van der Waals surface area contributed by atoms with Crippen LogP contribution in [0, 0.1) is 0 Å². The van der Waals surface area contributed by atoms with Gasteiger partial charge >= 0.3 is 0 Å². The number of unbranched alkanes of at least 4 members (excludes halogenated alkanes) is 3. The van der Waals surface area contributed by atoms with Crippen LogP contribution in [0.2, 0.25) is 0 Å². The summed E-state index contributed by atoms with van der Waals surface area (Å²) >= 11 is 3.18. The molecule has 0 aliphatic carbocycles. The van der Waals surface area contributed by atoms with Crippen molar-refractivity contribution in [1.82, 2.24) is 5.43 Å². The summed E-state index contributed by atoms with van der Waals surface area (Å²) in [5.41, 5.74) is 2.87. The van der Waals surface area contributed by atoms with E-state index < -0.39 is 0 Å². The average molecular weight is 436 g/mol. The Balaban J connectivity index is 1.51. The predicted molar refractivity (Wildman–Crippen MR) is 107 cm³/mol. The second-order valence-corrected chi connectivity index (χ2v) is 6.70. The number of hydrogen-bond donors (Lipinski definition) is 3. The van der Waals surface area contributed by atoms with Gasteiger partial charge in [0.2, 0.25) is 11.8 Å². The second-order valence-electron chi connectivity index (χ2n) is 5.91. The van der Waals surface area contributed by atoms with E-state index in [1.165, 1.54) is 12.3 Å². The van der Waals surface area contributed by atoms with Crippen molar-refractivity contribution in [3.05, 3.63) is 46.8 Å². The zero-order valence-corrected chi connectivity index (χ0v) is 16.4. The molecule has 0 radical (unpaired) electrons. The maximum Gasteiger partial charge on any atom is 0.240 e. The molecule has 7 nitrogen and oxygen atoms in total. The van der Waals surface area contributed by atoms with Crippen molar-refractivity contribution in [2.24, 2.45) is 5.10 Å². The molecule has 3 N–H and O–H groups in total. The van der Waals surface area contributed by atoms with Crippen molar-refractivity contribution < 1.29 is 19.1 Å². The van der Waals surface area contributed by atoms with Crippen LogP contribution in [0.4, 0.5) is 5.69 Å². The molecule has 0 fully saturated rings. The molecule has 1 aromatic carbocycles. The van der Waals surface area contributed by atoms with E-state index in [-0.39, 0.29) is 17.6 Å². The SMILES string of the molecule is O=C(CCCCCCC(=O)Nc1ccccc1O)N/N=C/c1ccc(Br)o1. The van der Waals surface area contributed by atoms with E-state index in [0.29, 0.717) is 29.0 Å². The van der Waals surface area contributed by atoms with Gasteiger partial charge in [0, 0.05) is 12.8 Å². The number of rotatable bonds is 10. The number of furan rings is 1. The third-order valence-corrected chi connectivity index (χ3v) is 4.14. The highest BCUT2D eigenvalue weighted by molar-refractivity contribution is 9.10. The maximum absolute atomic E-state index is 11.8. The first-order valence-corrected chi connectivity index (χ1v) is 9.49. The summed E-state index contributed by atoms with van der Waals surface area (Å²) < 4.78 is 5.82. The number of phenolic OH excluding ortho intramolecular Hbond substituents is 1. The van der Waals surface area contributed by atoms with Gasteiger partial charge in [-0.2, -0.15) is 5.10 Å². The highest BCUT2D eigenvalue weighted by atomic mass is 79.9. The van der Waals surface area contributed by atoms with Crippen molar-refractivity contribution in [3.63, 3.8) is 0 Å². The molecule has 1 aromatic heterocycles. The molecule has 144 valence electrons. The lowest BCUT2D eigenvalue weighted by Crippen LogP contribution is -2.16. The Kier molecular flexibility index (Phi) is 8.57. The molecular formula is C19H22BrN3O4. The zero-order valence-electron chi connectivity index (χ0n) is 14.8. The molecule has 0 aliphatic heterocycles. The van der Waals surface area contributed by atoms with Crippen LogP contribution in [0.5, 0.6) is 5.75 Å². The third-order valence-electron chi connectivity index (χ3n) is 3.71. The van der Waals surface area contributed by atoms with Gasteiger partial charge in [-0.1, -0.05) is 25.0 Å². The molecule has 8 heteroatoms. The van der Waals surface area contributed by atoms with E-state index in [2.05, 4.69) is 31.8 Å². The Labute approximate surface area is 166 Å². The predicted octanol–water partition coefficient (Wildman–Crippen LogP) is 4.18. The molecule has 2 amide bonds. The largest absolute Gasteiger partial charge is 0.506 e. The molecule has 0 saturated heterocycles. The number of phenols is 1. The van der Waals surface area contributed by atoms with Crippen LogP contribution in [-0.4, -0.2) is 23.1 Å². The van der Waals surface area contributed by atoms with E-state index in [9.17, 15) is 14.7 Å². The second kappa shape index (κ2) is 11.2. The lowest BCUT2D eigenvalue weighted by Gasteiger charge is -2.06. The number of carbonyl (C=O) groups excluding carboxylic acids is 2. The number of carbonyl (C=O) groups is 2. The van der Waals surface area contributed by atoms with Crippen molar-refractivity contribution in [2.45, 2.75) is 38.5 Å². The number of halogens is 1. The lowest BCUT2D eigenvalue weighted by atomic mass is 10.1. The fourth-order valence-corrected chi connectivity index (χ4v) is 2.66. The summed E-state index contributed by atoms with van der Waals surface area (Å²) in [7, 11) is 0. The van der Waals surface area contributed by atoms with Crippen LogP contribution in [0.3, 0.4) is 0 Å². The van der Waals surface area contributed by atoms with Gasteiger partial charge in [0.15, 0.2) is 4.67 Å².